The minimum Gasteiger partial charge on any atom is -0.507 e. The summed E-state index contributed by atoms with van der Waals surface area (Å²) >= 11 is 5.89. The summed E-state index contributed by atoms with van der Waals surface area (Å²) in [6.07, 6.45) is 0.609. The zero-order chi connectivity index (χ0) is 11.7. The number of hydrogen-bond acceptors (Lipinski definition) is 3. The normalized spacial score (nSPS) is 10.4. The molecule has 0 aliphatic rings. The molecular formula is C12H9ClO3. The van der Waals surface area contributed by atoms with Gasteiger partial charge in [0.15, 0.2) is 12.0 Å². The number of phenolic OH excluding ortho intramolecular Hbond substituents is 1. The minimum atomic E-state index is 0.108. The number of aldehydes is 1. The van der Waals surface area contributed by atoms with Crippen LogP contribution in [0.2, 0.25) is 5.02 Å². The predicted molar refractivity (Wildman–Crippen MR) is 60.9 cm³/mol. The Morgan fingerprint density at radius 3 is 2.75 bits per heavy atom. The van der Waals surface area contributed by atoms with Gasteiger partial charge in [0.1, 0.15) is 11.5 Å². The first kappa shape index (κ1) is 10.8. The van der Waals surface area contributed by atoms with Gasteiger partial charge in [-0.3, -0.25) is 4.79 Å². The fraction of sp³-hybridized carbons (Fsp3) is 0.0833. The molecule has 0 amide bonds. The van der Waals surface area contributed by atoms with Gasteiger partial charge in [-0.05, 0) is 36.8 Å². The Bertz CT molecular complexity index is 543. The highest BCUT2D eigenvalue weighted by atomic mass is 35.5. The van der Waals surface area contributed by atoms with E-state index in [4.69, 9.17) is 16.0 Å². The Hall–Kier alpha value is -1.74. The third-order valence-corrected chi connectivity index (χ3v) is 2.49. The van der Waals surface area contributed by atoms with Crippen molar-refractivity contribution in [3.63, 3.8) is 0 Å². The van der Waals surface area contributed by atoms with Crippen molar-refractivity contribution in [2.24, 2.45) is 0 Å². The molecule has 4 heteroatoms. The van der Waals surface area contributed by atoms with E-state index in [1.165, 1.54) is 6.07 Å². The van der Waals surface area contributed by atoms with Crippen molar-refractivity contribution in [1.82, 2.24) is 0 Å². The summed E-state index contributed by atoms with van der Waals surface area (Å²) in [6, 6.07) is 6.41. The first-order chi connectivity index (χ1) is 7.61. The van der Waals surface area contributed by atoms with Crippen LogP contribution >= 0.6 is 11.6 Å². The molecule has 0 atom stereocenters. The molecule has 0 radical (unpaired) electrons. The molecule has 1 aromatic carbocycles. The van der Waals surface area contributed by atoms with Crippen LogP contribution < -0.4 is 0 Å². The molecular weight excluding hydrogens is 228 g/mol. The molecule has 2 aromatic rings. The third-order valence-electron chi connectivity index (χ3n) is 2.27. The number of phenols is 1. The lowest BCUT2D eigenvalue weighted by molar-refractivity contribution is 0.110. The van der Waals surface area contributed by atoms with Gasteiger partial charge in [-0.25, -0.2) is 0 Å². The first-order valence-electron chi connectivity index (χ1n) is 4.66. The van der Waals surface area contributed by atoms with Crippen LogP contribution in [-0.4, -0.2) is 11.4 Å². The van der Waals surface area contributed by atoms with Crippen LogP contribution in [0.4, 0.5) is 0 Å². The van der Waals surface area contributed by atoms with Crippen LogP contribution in [0.3, 0.4) is 0 Å². The Labute approximate surface area is 97.3 Å². The lowest BCUT2D eigenvalue weighted by Crippen LogP contribution is -1.81. The van der Waals surface area contributed by atoms with Gasteiger partial charge in [0.2, 0.25) is 0 Å². The van der Waals surface area contributed by atoms with Crippen LogP contribution in [0.1, 0.15) is 16.1 Å². The van der Waals surface area contributed by atoms with Gasteiger partial charge in [-0.2, -0.15) is 0 Å². The minimum absolute atomic E-state index is 0.108. The van der Waals surface area contributed by atoms with Crippen molar-refractivity contribution in [3.05, 3.63) is 40.6 Å². The van der Waals surface area contributed by atoms with Gasteiger partial charge in [0.25, 0.3) is 0 Å². The Balaban J connectivity index is 2.58. The molecule has 0 aliphatic heterocycles. The monoisotopic (exact) mass is 236 g/mol. The molecule has 1 heterocycles. The highest BCUT2D eigenvalue weighted by Gasteiger charge is 2.12. The van der Waals surface area contributed by atoms with Crippen molar-refractivity contribution in [3.8, 4) is 17.1 Å². The Kier molecular flexibility index (Phi) is 2.71. The lowest BCUT2D eigenvalue weighted by atomic mass is 10.1. The van der Waals surface area contributed by atoms with Gasteiger partial charge < -0.3 is 9.52 Å². The van der Waals surface area contributed by atoms with Gasteiger partial charge in [-0.15, -0.1) is 0 Å². The van der Waals surface area contributed by atoms with Gasteiger partial charge in [-0.1, -0.05) is 11.6 Å². The van der Waals surface area contributed by atoms with E-state index < -0.39 is 0 Å². The number of furan rings is 1. The number of hydrogen-bond donors (Lipinski definition) is 1. The van der Waals surface area contributed by atoms with E-state index >= 15 is 0 Å². The molecule has 0 saturated carbocycles. The van der Waals surface area contributed by atoms with E-state index in [9.17, 15) is 9.90 Å². The number of rotatable bonds is 2. The number of carbonyl (C=O) groups is 1. The SMILES string of the molecule is Cc1cc(Cl)cc(-c2ccc(C=O)o2)c1O. The first-order valence-corrected chi connectivity index (χ1v) is 5.04. The topological polar surface area (TPSA) is 50.4 Å². The number of aryl methyl sites for hydroxylation is 1. The molecule has 1 N–H and O–H groups in total. The standard InChI is InChI=1S/C12H9ClO3/c1-7-4-8(13)5-10(12(7)15)11-3-2-9(6-14)16-11/h2-6,15H,1H3. The largest absolute Gasteiger partial charge is 0.507 e. The molecule has 1 aromatic heterocycles. The second kappa shape index (κ2) is 4.02. The van der Waals surface area contributed by atoms with Crippen LogP contribution in [0, 0.1) is 6.92 Å². The van der Waals surface area contributed by atoms with Crippen molar-refractivity contribution >= 4 is 17.9 Å². The molecule has 0 aliphatic carbocycles. The second-order valence-electron chi connectivity index (χ2n) is 3.44. The number of halogens is 1. The van der Waals surface area contributed by atoms with Gasteiger partial charge >= 0.3 is 0 Å². The van der Waals surface area contributed by atoms with E-state index in [1.807, 2.05) is 0 Å². The van der Waals surface area contributed by atoms with Crippen LogP contribution in [-0.2, 0) is 0 Å². The van der Waals surface area contributed by atoms with E-state index in [1.54, 1.807) is 25.1 Å². The van der Waals surface area contributed by atoms with E-state index in [2.05, 4.69) is 0 Å². The summed E-state index contributed by atoms with van der Waals surface area (Å²) in [5.74, 6) is 0.744. The summed E-state index contributed by atoms with van der Waals surface area (Å²) in [7, 11) is 0. The van der Waals surface area contributed by atoms with Crippen molar-refractivity contribution < 1.29 is 14.3 Å². The number of benzene rings is 1. The molecule has 0 unspecified atom stereocenters. The molecule has 0 bridgehead atoms. The highest BCUT2D eigenvalue weighted by Crippen LogP contribution is 2.35. The maximum absolute atomic E-state index is 10.5. The molecule has 16 heavy (non-hydrogen) atoms. The fourth-order valence-electron chi connectivity index (χ4n) is 1.48. The van der Waals surface area contributed by atoms with Crippen LogP contribution in [0.5, 0.6) is 5.75 Å². The van der Waals surface area contributed by atoms with Crippen molar-refractivity contribution in [2.45, 2.75) is 6.92 Å². The Morgan fingerprint density at radius 1 is 1.38 bits per heavy atom. The Morgan fingerprint density at radius 2 is 2.12 bits per heavy atom. The highest BCUT2D eigenvalue weighted by molar-refractivity contribution is 6.31. The summed E-state index contributed by atoms with van der Waals surface area (Å²) in [6.45, 7) is 1.74. The maximum Gasteiger partial charge on any atom is 0.185 e. The summed E-state index contributed by atoms with van der Waals surface area (Å²) < 4.78 is 5.22. The van der Waals surface area contributed by atoms with Crippen molar-refractivity contribution in [2.75, 3.05) is 0 Å². The van der Waals surface area contributed by atoms with Crippen LogP contribution in [0.25, 0.3) is 11.3 Å². The molecule has 82 valence electrons. The summed E-state index contributed by atoms with van der Waals surface area (Å²) in [5.41, 5.74) is 1.14. The zero-order valence-corrected chi connectivity index (χ0v) is 9.28. The average molecular weight is 237 g/mol. The van der Waals surface area contributed by atoms with Gasteiger partial charge in [0, 0.05) is 5.02 Å². The maximum atomic E-state index is 10.5. The van der Waals surface area contributed by atoms with Crippen LogP contribution in [0.15, 0.2) is 28.7 Å². The average Bonchev–Trinajstić information content (AvgIpc) is 2.71. The quantitative estimate of drug-likeness (QED) is 0.813. The molecule has 0 spiro atoms. The lowest BCUT2D eigenvalue weighted by Gasteiger charge is -2.05. The predicted octanol–water partition coefficient (Wildman–Crippen LogP) is 3.43. The fourth-order valence-corrected chi connectivity index (χ4v) is 1.76. The van der Waals surface area contributed by atoms with Crippen molar-refractivity contribution in [1.29, 1.82) is 0 Å². The third kappa shape index (κ3) is 1.82. The summed E-state index contributed by atoms with van der Waals surface area (Å²) in [5, 5.41) is 10.4. The second-order valence-corrected chi connectivity index (χ2v) is 3.88. The molecule has 3 nitrogen and oxygen atoms in total. The van der Waals surface area contributed by atoms with Gasteiger partial charge in [0.05, 0.1) is 5.56 Å². The smallest absolute Gasteiger partial charge is 0.185 e. The summed E-state index contributed by atoms with van der Waals surface area (Å²) in [4.78, 5) is 10.5. The molecule has 0 saturated heterocycles. The molecule has 2 rings (SSSR count). The molecule has 0 fully saturated rings. The van der Waals surface area contributed by atoms with E-state index in [-0.39, 0.29) is 11.5 Å². The zero-order valence-electron chi connectivity index (χ0n) is 8.53. The number of aromatic hydroxyl groups is 1. The van der Waals surface area contributed by atoms with E-state index in [0.717, 1.165) is 0 Å². The number of carbonyl (C=O) groups excluding carboxylic acids is 1. The van der Waals surface area contributed by atoms with E-state index in [0.29, 0.717) is 28.2 Å².